The van der Waals surface area contributed by atoms with Crippen molar-refractivity contribution in [1.82, 2.24) is 19.6 Å². The zero-order valence-corrected chi connectivity index (χ0v) is 19.7. The summed E-state index contributed by atoms with van der Waals surface area (Å²) in [4.78, 5) is 38.8. The summed E-state index contributed by atoms with van der Waals surface area (Å²) >= 11 is 0. The number of amides is 3. The van der Waals surface area contributed by atoms with Crippen LogP contribution in [0, 0.1) is 13.8 Å². The van der Waals surface area contributed by atoms with Gasteiger partial charge in [0.1, 0.15) is 0 Å². The Hall–Kier alpha value is -3.61. The van der Waals surface area contributed by atoms with Crippen LogP contribution in [0.2, 0.25) is 0 Å². The minimum absolute atomic E-state index is 0.202. The minimum Gasteiger partial charge on any atom is -0.310 e. The number of allylic oxidation sites excluding steroid dienone is 2. The van der Waals surface area contributed by atoms with Gasteiger partial charge < -0.3 is 9.80 Å². The number of likely N-dealkylation sites (N-methyl/N-ethyl adjacent to an activating group) is 1. The molecule has 33 heavy (non-hydrogen) atoms. The van der Waals surface area contributed by atoms with Gasteiger partial charge in [0, 0.05) is 18.4 Å². The molecule has 0 radical (unpaired) electrons. The molecule has 7 nitrogen and oxygen atoms in total. The summed E-state index contributed by atoms with van der Waals surface area (Å²) in [5.41, 5.74) is 6.53. The van der Waals surface area contributed by atoms with E-state index in [1.54, 1.807) is 11.9 Å². The smallest absolute Gasteiger partial charge is 0.310 e. The first-order chi connectivity index (χ1) is 15.8. The van der Waals surface area contributed by atoms with Gasteiger partial charge in [-0.3, -0.25) is 14.6 Å². The molecule has 3 aliphatic rings. The van der Waals surface area contributed by atoms with Gasteiger partial charge in [-0.05, 0) is 38.8 Å². The first-order valence-corrected chi connectivity index (χ1v) is 11.3. The van der Waals surface area contributed by atoms with Crippen LogP contribution in [0.5, 0.6) is 0 Å². The number of fused-ring (bicyclic) bond motifs is 3. The molecule has 1 saturated heterocycles. The van der Waals surface area contributed by atoms with Gasteiger partial charge in [-0.15, -0.1) is 0 Å². The number of aryl methyl sites for hydroxylation is 2. The normalized spacial score (nSPS) is 22.3. The van der Waals surface area contributed by atoms with Crippen LogP contribution in [0.4, 0.5) is 4.79 Å². The van der Waals surface area contributed by atoms with E-state index in [1.807, 2.05) is 43.0 Å². The molecule has 2 aromatic rings. The second kappa shape index (κ2) is 7.76. The van der Waals surface area contributed by atoms with Crippen LogP contribution in [0.1, 0.15) is 36.1 Å². The Balaban J connectivity index is 1.45. The van der Waals surface area contributed by atoms with Crippen molar-refractivity contribution in [2.45, 2.75) is 53.0 Å². The fourth-order valence-corrected chi connectivity index (χ4v) is 4.77. The van der Waals surface area contributed by atoms with Gasteiger partial charge in [0.25, 0.3) is 5.91 Å². The highest BCUT2D eigenvalue weighted by Gasteiger charge is 2.55. The number of hydrogen-bond acceptors (Lipinski definition) is 5. The fourth-order valence-electron chi connectivity index (χ4n) is 4.77. The van der Waals surface area contributed by atoms with Crippen LogP contribution >= 0.6 is 0 Å². The van der Waals surface area contributed by atoms with E-state index in [0.717, 1.165) is 28.5 Å². The van der Waals surface area contributed by atoms with Crippen molar-refractivity contribution in [3.63, 3.8) is 0 Å². The SMILES string of the molecule is CC1=C(C)N2C(=NC3C2C(=O)N(Cc2ccc(C)cc2)C(=O)N3C)N1Cc1ccc(C)cc1. The van der Waals surface area contributed by atoms with Crippen molar-refractivity contribution in [2.24, 2.45) is 4.99 Å². The number of carbonyl (C=O) groups excluding carboxylic acids is 2. The van der Waals surface area contributed by atoms with Crippen molar-refractivity contribution < 1.29 is 9.59 Å². The quantitative estimate of drug-likeness (QED) is 0.721. The number of rotatable bonds is 4. The Labute approximate surface area is 194 Å². The van der Waals surface area contributed by atoms with Gasteiger partial charge in [0.05, 0.1) is 13.1 Å². The molecule has 0 bridgehead atoms. The third-order valence-electron chi connectivity index (χ3n) is 6.93. The topological polar surface area (TPSA) is 59.5 Å². The van der Waals surface area contributed by atoms with Gasteiger partial charge in [0.15, 0.2) is 12.2 Å². The third-order valence-corrected chi connectivity index (χ3v) is 6.93. The molecule has 2 aromatic carbocycles. The average molecular weight is 444 g/mol. The van der Waals surface area contributed by atoms with Crippen molar-refractivity contribution in [3.05, 3.63) is 82.2 Å². The molecule has 2 unspecified atom stereocenters. The first kappa shape index (κ1) is 21.2. The predicted octanol–water partition coefficient (Wildman–Crippen LogP) is 3.83. The number of hydrogen-bond donors (Lipinski definition) is 0. The van der Waals surface area contributed by atoms with Crippen LogP contribution < -0.4 is 0 Å². The summed E-state index contributed by atoms with van der Waals surface area (Å²) in [6.07, 6.45) is -0.530. The molecule has 3 heterocycles. The second-order valence-corrected chi connectivity index (χ2v) is 9.20. The zero-order chi connectivity index (χ0) is 23.4. The lowest BCUT2D eigenvalue weighted by Crippen LogP contribution is -2.64. The van der Waals surface area contributed by atoms with Crippen molar-refractivity contribution >= 4 is 17.9 Å². The van der Waals surface area contributed by atoms with Crippen LogP contribution in [-0.4, -0.2) is 56.8 Å². The highest BCUT2D eigenvalue weighted by atomic mass is 16.2. The van der Waals surface area contributed by atoms with Gasteiger partial charge in [-0.2, -0.15) is 0 Å². The molecule has 0 N–H and O–H groups in total. The number of nitrogens with zero attached hydrogens (tertiary/aromatic N) is 5. The molecular formula is C26H29N5O2. The molecule has 3 amide bonds. The van der Waals surface area contributed by atoms with Crippen LogP contribution in [-0.2, 0) is 17.9 Å². The van der Waals surface area contributed by atoms with E-state index in [4.69, 9.17) is 4.99 Å². The van der Waals surface area contributed by atoms with Crippen molar-refractivity contribution in [3.8, 4) is 0 Å². The maximum Gasteiger partial charge on any atom is 0.328 e. The van der Waals surface area contributed by atoms with Crippen molar-refractivity contribution in [1.29, 1.82) is 0 Å². The molecule has 3 aliphatic heterocycles. The molecule has 7 heteroatoms. The van der Waals surface area contributed by atoms with E-state index >= 15 is 0 Å². The molecule has 0 aliphatic carbocycles. The van der Waals surface area contributed by atoms with E-state index in [1.165, 1.54) is 16.0 Å². The van der Waals surface area contributed by atoms with E-state index in [0.29, 0.717) is 6.54 Å². The lowest BCUT2D eigenvalue weighted by Gasteiger charge is -2.40. The predicted molar refractivity (Wildman–Crippen MR) is 127 cm³/mol. The van der Waals surface area contributed by atoms with E-state index in [2.05, 4.69) is 43.0 Å². The largest absolute Gasteiger partial charge is 0.328 e. The van der Waals surface area contributed by atoms with Crippen LogP contribution in [0.3, 0.4) is 0 Å². The molecule has 2 atom stereocenters. The maximum absolute atomic E-state index is 13.7. The zero-order valence-electron chi connectivity index (χ0n) is 19.7. The number of benzene rings is 2. The number of aliphatic imine (C=N–C) groups is 1. The first-order valence-electron chi connectivity index (χ1n) is 11.3. The summed E-state index contributed by atoms with van der Waals surface area (Å²) in [6.45, 7) is 9.09. The Morgan fingerprint density at radius 3 is 1.82 bits per heavy atom. The molecule has 170 valence electrons. The van der Waals surface area contributed by atoms with Gasteiger partial charge in [-0.1, -0.05) is 59.7 Å². The summed E-state index contributed by atoms with van der Waals surface area (Å²) in [5.74, 6) is 0.539. The van der Waals surface area contributed by atoms with Crippen molar-refractivity contribution in [2.75, 3.05) is 7.05 Å². The Morgan fingerprint density at radius 2 is 1.27 bits per heavy atom. The summed E-state index contributed by atoms with van der Waals surface area (Å²) in [6, 6.07) is 15.5. The lowest BCUT2D eigenvalue weighted by atomic mass is 10.1. The van der Waals surface area contributed by atoms with Gasteiger partial charge >= 0.3 is 6.03 Å². The van der Waals surface area contributed by atoms with Crippen LogP contribution in [0.15, 0.2) is 64.9 Å². The highest BCUT2D eigenvalue weighted by molar-refractivity contribution is 6.05. The fraction of sp³-hybridized carbons (Fsp3) is 0.346. The molecule has 0 saturated carbocycles. The average Bonchev–Trinajstić information content (AvgIpc) is 3.30. The van der Waals surface area contributed by atoms with E-state index in [-0.39, 0.29) is 18.5 Å². The molecule has 0 aromatic heterocycles. The number of carbonyl (C=O) groups is 2. The summed E-state index contributed by atoms with van der Waals surface area (Å²) in [7, 11) is 1.73. The number of guanidine groups is 1. The Kier molecular flexibility index (Phi) is 5.00. The van der Waals surface area contributed by atoms with Gasteiger partial charge in [-0.25, -0.2) is 9.79 Å². The standard InChI is InChI=1S/C26H29N5O2/c1-16-6-10-20(11-7-16)14-29-18(3)19(4)31-22-23(27-25(29)31)28(5)26(33)30(24(22)32)15-21-12-8-17(2)9-13-21/h6-13,22-23H,14-15H2,1-5H3. The van der Waals surface area contributed by atoms with E-state index < -0.39 is 12.2 Å². The second-order valence-electron chi connectivity index (χ2n) is 9.20. The monoisotopic (exact) mass is 443 g/mol. The molecule has 1 fully saturated rings. The number of imide groups is 1. The number of urea groups is 1. The summed E-state index contributed by atoms with van der Waals surface area (Å²) in [5, 5.41) is 0. The third kappa shape index (κ3) is 3.39. The maximum atomic E-state index is 13.7. The Bertz CT molecular complexity index is 1180. The van der Waals surface area contributed by atoms with Gasteiger partial charge in [0.2, 0.25) is 5.96 Å². The highest BCUT2D eigenvalue weighted by Crippen LogP contribution is 2.38. The van der Waals surface area contributed by atoms with E-state index in [9.17, 15) is 9.59 Å². The molecule has 5 rings (SSSR count). The molecular weight excluding hydrogens is 414 g/mol. The lowest BCUT2D eigenvalue weighted by molar-refractivity contribution is -0.137. The minimum atomic E-state index is -0.550. The Morgan fingerprint density at radius 1 is 0.758 bits per heavy atom. The molecule has 0 spiro atoms. The van der Waals surface area contributed by atoms with Crippen LogP contribution in [0.25, 0.3) is 0 Å². The summed E-state index contributed by atoms with van der Waals surface area (Å²) < 4.78 is 0.